The molecule has 148 valence electrons. The number of nitrogens with zero attached hydrogens (tertiary/aromatic N) is 2. The van der Waals surface area contributed by atoms with E-state index in [0.29, 0.717) is 6.17 Å². The number of halogens is 4. The highest BCUT2D eigenvalue weighted by Gasteiger charge is 2.15. The lowest BCUT2D eigenvalue weighted by atomic mass is 10.3. The third-order valence-electron chi connectivity index (χ3n) is 1.93. The third kappa shape index (κ3) is 51.8. The van der Waals surface area contributed by atoms with Gasteiger partial charge in [0, 0.05) is 26.0 Å². The van der Waals surface area contributed by atoms with Crippen LogP contribution in [0.25, 0.3) is 0 Å². The number of hydrogen-bond acceptors (Lipinski definition) is 10. The summed E-state index contributed by atoms with van der Waals surface area (Å²) in [7, 11) is -8.57. The predicted molar refractivity (Wildman–Crippen MR) is 83.9 cm³/mol. The first-order chi connectivity index (χ1) is 11.2. The van der Waals surface area contributed by atoms with Gasteiger partial charge in [0.05, 0.1) is 6.17 Å². The highest BCUT2D eigenvalue weighted by Crippen LogP contribution is 2.11. The standard InChI is InChI=1S/C7H14N2.4BFH2O2/c1-4-9-6-5-8(3)7(9)2;4*2-1(3)4/h5-7H,4H2,1-3H3;4*3-4H. The minimum absolute atomic E-state index is 0.551. The zero-order valence-electron chi connectivity index (χ0n) is 13.7. The van der Waals surface area contributed by atoms with E-state index < -0.39 is 29.6 Å². The molecule has 0 amide bonds. The van der Waals surface area contributed by atoms with Gasteiger partial charge in [-0.3, -0.25) is 17.3 Å². The van der Waals surface area contributed by atoms with Crippen molar-refractivity contribution < 1.29 is 57.5 Å². The maximum absolute atomic E-state index is 10.1. The van der Waals surface area contributed by atoms with Crippen molar-refractivity contribution in [3.8, 4) is 0 Å². The van der Waals surface area contributed by atoms with Gasteiger partial charge in [0.25, 0.3) is 0 Å². The Morgan fingerprint density at radius 1 is 0.760 bits per heavy atom. The van der Waals surface area contributed by atoms with Crippen LogP contribution in [0.2, 0.25) is 0 Å². The van der Waals surface area contributed by atoms with Crippen molar-refractivity contribution >= 4 is 29.6 Å². The van der Waals surface area contributed by atoms with Gasteiger partial charge in [-0.15, -0.1) is 0 Å². The van der Waals surface area contributed by atoms with E-state index >= 15 is 0 Å². The molecule has 1 rings (SSSR count). The van der Waals surface area contributed by atoms with E-state index in [4.69, 9.17) is 40.2 Å². The van der Waals surface area contributed by atoms with Crippen molar-refractivity contribution in [2.75, 3.05) is 13.6 Å². The SMILES string of the molecule is CCN1C=CN(C)C1C.OB(O)F.OB(O)F.OB(O)F.OB(O)F. The first-order valence-electron chi connectivity index (χ1n) is 6.35. The highest BCUT2D eigenvalue weighted by atomic mass is 19.1. The molecule has 1 aliphatic heterocycles. The second-order valence-electron chi connectivity index (χ2n) is 3.67. The molecule has 0 saturated heterocycles. The molecule has 1 heterocycles. The fourth-order valence-electron chi connectivity index (χ4n) is 1.04. The summed E-state index contributed by atoms with van der Waals surface area (Å²) in [4.78, 5) is 4.49. The molecular weight excluding hydrogens is 359 g/mol. The quantitative estimate of drug-likeness (QED) is 0.171. The Bertz CT molecular complexity index is 264. The molecule has 25 heavy (non-hydrogen) atoms. The van der Waals surface area contributed by atoms with E-state index in [1.807, 2.05) is 0 Å². The van der Waals surface area contributed by atoms with Crippen LogP contribution < -0.4 is 0 Å². The average molecular weight is 381 g/mol. The Kier molecular flexibility index (Phi) is 26.7. The maximum Gasteiger partial charge on any atom is 0.674 e. The molecule has 0 aromatic carbocycles. The van der Waals surface area contributed by atoms with E-state index in [1.54, 1.807) is 0 Å². The molecule has 0 spiro atoms. The summed E-state index contributed by atoms with van der Waals surface area (Å²) in [5.74, 6) is 0. The zero-order chi connectivity index (χ0) is 21.2. The molecule has 8 N–H and O–H groups in total. The summed E-state index contributed by atoms with van der Waals surface area (Å²) in [6.45, 7) is 5.46. The lowest BCUT2D eigenvalue weighted by molar-refractivity contribution is 0.203. The van der Waals surface area contributed by atoms with Gasteiger partial charge < -0.3 is 50.0 Å². The van der Waals surface area contributed by atoms with E-state index in [-0.39, 0.29) is 0 Å². The van der Waals surface area contributed by atoms with E-state index in [0.717, 1.165) is 6.54 Å². The van der Waals surface area contributed by atoms with Crippen LogP contribution >= 0.6 is 0 Å². The largest absolute Gasteiger partial charge is 0.674 e. The molecule has 0 aromatic rings. The Balaban J connectivity index is -0.000000119. The first-order valence-corrected chi connectivity index (χ1v) is 6.35. The second kappa shape index (κ2) is 21.0. The van der Waals surface area contributed by atoms with Gasteiger partial charge in [-0.25, -0.2) is 0 Å². The number of rotatable bonds is 1. The summed E-state index contributed by atoms with van der Waals surface area (Å²) in [6, 6.07) is 0. The van der Waals surface area contributed by atoms with Crippen molar-refractivity contribution in [2.24, 2.45) is 0 Å². The Labute approximate surface area is 144 Å². The molecule has 0 fully saturated rings. The van der Waals surface area contributed by atoms with Crippen molar-refractivity contribution in [1.29, 1.82) is 0 Å². The monoisotopic (exact) mass is 382 g/mol. The van der Waals surface area contributed by atoms with E-state index in [1.165, 1.54) is 0 Å². The van der Waals surface area contributed by atoms with Gasteiger partial charge in [-0.2, -0.15) is 0 Å². The van der Waals surface area contributed by atoms with Crippen molar-refractivity contribution in [3.05, 3.63) is 12.4 Å². The van der Waals surface area contributed by atoms with Gasteiger partial charge in [0.1, 0.15) is 0 Å². The van der Waals surface area contributed by atoms with Crippen molar-refractivity contribution in [1.82, 2.24) is 9.80 Å². The Morgan fingerprint density at radius 3 is 1.08 bits per heavy atom. The van der Waals surface area contributed by atoms with Gasteiger partial charge >= 0.3 is 29.6 Å². The molecule has 10 nitrogen and oxygen atoms in total. The second-order valence-corrected chi connectivity index (χ2v) is 3.67. The fourth-order valence-corrected chi connectivity index (χ4v) is 1.04. The lowest BCUT2D eigenvalue weighted by Gasteiger charge is -2.25. The maximum atomic E-state index is 10.1. The molecule has 1 unspecified atom stereocenters. The van der Waals surface area contributed by atoms with Crippen LogP contribution in [0, 0.1) is 0 Å². The molecule has 0 radical (unpaired) electrons. The topological polar surface area (TPSA) is 168 Å². The smallest absolute Gasteiger partial charge is 0.398 e. The van der Waals surface area contributed by atoms with Crippen LogP contribution in [0.4, 0.5) is 17.3 Å². The van der Waals surface area contributed by atoms with Crippen LogP contribution in [-0.2, 0) is 0 Å². The summed E-state index contributed by atoms with van der Waals surface area (Å²) in [5, 5.41) is 55.6. The molecule has 0 saturated carbocycles. The minimum Gasteiger partial charge on any atom is -0.398 e. The third-order valence-corrected chi connectivity index (χ3v) is 1.93. The summed E-state index contributed by atoms with van der Waals surface area (Å²) < 4.78 is 40.4. The molecule has 0 aromatic heterocycles. The van der Waals surface area contributed by atoms with Crippen LogP contribution in [0.5, 0.6) is 0 Å². The van der Waals surface area contributed by atoms with Crippen LogP contribution in [0.1, 0.15) is 13.8 Å². The van der Waals surface area contributed by atoms with Gasteiger partial charge in [0.2, 0.25) is 0 Å². The molecule has 18 heteroatoms. The van der Waals surface area contributed by atoms with Gasteiger partial charge in [0.15, 0.2) is 0 Å². The average Bonchev–Trinajstić information content (AvgIpc) is 2.66. The van der Waals surface area contributed by atoms with Crippen molar-refractivity contribution in [2.45, 2.75) is 20.0 Å². The summed E-state index contributed by atoms with van der Waals surface area (Å²) >= 11 is 0. The zero-order valence-corrected chi connectivity index (χ0v) is 13.7. The molecular formula is C7H22B4F4N2O8. The number of hydrogen-bond donors (Lipinski definition) is 8. The van der Waals surface area contributed by atoms with E-state index in [9.17, 15) is 17.3 Å². The fraction of sp³-hybridized carbons (Fsp3) is 0.714. The minimum atomic E-state index is -2.67. The van der Waals surface area contributed by atoms with Gasteiger partial charge in [-0.1, -0.05) is 0 Å². The molecule has 1 aliphatic rings. The Hall–Kier alpha value is -1.00. The van der Waals surface area contributed by atoms with Crippen molar-refractivity contribution in [3.63, 3.8) is 0 Å². The van der Waals surface area contributed by atoms with Crippen LogP contribution in [0.15, 0.2) is 12.4 Å². The highest BCUT2D eigenvalue weighted by molar-refractivity contribution is 6.32. The predicted octanol–water partition coefficient (Wildman–Crippen LogP) is -3.23. The molecule has 1 atom stereocenters. The van der Waals surface area contributed by atoms with E-state index in [2.05, 4.69) is 43.1 Å². The normalized spacial score (nSPS) is 13.6. The summed E-state index contributed by atoms with van der Waals surface area (Å²) in [6.07, 6.45) is 4.79. The molecule has 0 bridgehead atoms. The summed E-state index contributed by atoms with van der Waals surface area (Å²) in [5.41, 5.74) is 0. The Morgan fingerprint density at radius 2 is 1.00 bits per heavy atom. The lowest BCUT2D eigenvalue weighted by Crippen LogP contribution is -2.33. The molecule has 0 aliphatic carbocycles. The van der Waals surface area contributed by atoms with Crippen LogP contribution in [-0.4, -0.2) is 99.3 Å². The first kappa shape index (κ1) is 31.7. The van der Waals surface area contributed by atoms with Crippen LogP contribution in [0.3, 0.4) is 0 Å². The van der Waals surface area contributed by atoms with Gasteiger partial charge in [-0.05, 0) is 13.8 Å².